The van der Waals surface area contributed by atoms with Crippen LogP contribution in [-0.4, -0.2) is 60.4 Å². The molecule has 21 heavy (non-hydrogen) atoms. The van der Waals surface area contributed by atoms with Gasteiger partial charge in [0.05, 0.1) is 6.61 Å². The van der Waals surface area contributed by atoms with E-state index in [0.717, 1.165) is 0 Å². The van der Waals surface area contributed by atoms with Gasteiger partial charge in [0.2, 0.25) is 0 Å². The molecule has 0 bridgehead atoms. The standard InChI is InChI=1S/C15H28N2O4/c1-14(2,3)11-20-12(18)16-7-9-17(10-8-16)13(19)21-15(4,5)6/h7-11H2,1-6H3. The van der Waals surface area contributed by atoms with E-state index in [1.807, 2.05) is 41.5 Å². The zero-order valence-electron chi connectivity index (χ0n) is 14.1. The van der Waals surface area contributed by atoms with Crippen LogP contribution in [0.2, 0.25) is 0 Å². The van der Waals surface area contributed by atoms with E-state index < -0.39 is 5.60 Å². The molecule has 1 fully saturated rings. The van der Waals surface area contributed by atoms with Gasteiger partial charge in [0.25, 0.3) is 0 Å². The maximum Gasteiger partial charge on any atom is 0.410 e. The molecular formula is C15H28N2O4. The van der Waals surface area contributed by atoms with Crippen LogP contribution >= 0.6 is 0 Å². The second-order valence-electron chi connectivity index (χ2n) is 7.57. The topological polar surface area (TPSA) is 59.1 Å². The van der Waals surface area contributed by atoms with Crippen LogP contribution in [0.5, 0.6) is 0 Å². The Morgan fingerprint density at radius 3 is 1.67 bits per heavy atom. The van der Waals surface area contributed by atoms with Gasteiger partial charge in [-0.05, 0) is 26.2 Å². The van der Waals surface area contributed by atoms with E-state index in [1.165, 1.54) is 0 Å². The molecule has 0 atom stereocenters. The predicted molar refractivity (Wildman–Crippen MR) is 80.2 cm³/mol. The molecule has 0 aromatic carbocycles. The zero-order chi connectivity index (χ0) is 16.3. The molecule has 0 spiro atoms. The molecule has 0 N–H and O–H groups in total. The molecule has 0 saturated carbocycles. The largest absolute Gasteiger partial charge is 0.449 e. The van der Waals surface area contributed by atoms with Crippen LogP contribution in [0.4, 0.5) is 9.59 Å². The Hall–Kier alpha value is -1.46. The second kappa shape index (κ2) is 6.54. The summed E-state index contributed by atoms with van der Waals surface area (Å²) in [6, 6.07) is 0. The Balaban J connectivity index is 2.38. The number of nitrogens with zero attached hydrogens (tertiary/aromatic N) is 2. The molecule has 122 valence electrons. The molecular weight excluding hydrogens is 272 g/mol. The zero-order valence-corrected chi connectivity index (χ0v) is 14.1. The summed E-state index contributed by atoms with van der Waals surface area (Å²) in [5, 5.41) is 0. The van der Waals surface area contributed by atoms with Crippen LogP contribution in [0.3, 0.4) is 0 Å². The molecule has 6 heteroatoms. The first kappa shape index (κ1) is 17.6. The number of rotatable bonds is 1. The average Bonchev–Trinajstić information content (AvgIpc) is 2.33. The van der Waals surface area contributed by atoms with Gasteiger partial charge in [-0.3, -0.25) is 0 Å². The lowest BCUT2D eigenvalue weighted by Gasteiger charge is -2.35. The number of amides is 2. The highest BCUT2D eigenvalue weighted by molar-refractivity contribution is 5.70. The summed E-state index contributed by atoms with van der Waals surface area (Å²) in [6.07, 6.45) is -0.640. The Morgan fingerprint density at radius 2 is 1.29 bits per heavy atom. The van der Waals surface area contributed by atoms with Gasteiger partial charge in [0.15, 0.2) is 0 Å². The molecule has 0 aliphatic carbocycles. The molecule has 2 amide bonds. The lowest BCUT2D eigenvalue weighted by atomic mass is 9.99. The first-order valence-corrected chi connectivity index (χ1v) is 7.37. The summed E-state index contributed by atoms with van der Waals surface area (Å²) in [5.41, 5.74) is -0.548. The lowest BCUT2D eigenvalue weighted by molar-refractivity contribution is 0.0110. The first-order valence-electron chi connectivity index (χ1n) is 7.37. The molecule has 1 aliphatic heterocycles. The van der Waals surface area contributed by atoms with E-state index in [2.05, 4.69) is 0 Å². The number of carbonyl (C=O) groups is 2. The van der Waals surface area contributed by atoms with Crippen LogP contribution in [-0.2, 0) is 9.47 Å². The van der Waals surface area contributed by atoms with Gasteiger partial charge in [-0.15, -0.1) is 0 Å². The molecule has 1 rings (SSSR count). The third kappa shape index (κ3) is 6.69. The predicted octanol–water partition coefficient (Wildman–Crippen LogP) is 2.72. The summed E-state index contributed by atoms with van der Waals surface area (Å²) in [7, 11) is 0. The Kier molecular flexibility index (Phi) is 5.48. The SMILES string of the molecule is CC(C)(C)COC(=O)N1CCN(C(=O)OC(C)(C)C)CC1. The fourth-order valence-electron chi connectivity index (χ4n) is 1.77. The number of carbonyl (C=O) groups excluding carboxylic acids is 2. The maximum atomic E-state index is 11.9. The van der Waals surface area contributed by atoms with Gasteiger partial charge in [0.1, 0.15) is 5.60 Å². The van der Waals surface area contributed by atoms with E-state index in [4.69, 9.17) is 9.47 Å². The highest BCUT2D eigenvalue weighted by Gasteiger charge is 2.28. The molecule has 6 nitrogen and oxygen atoms in total. The fourth-order valence-corrected chi connectivity index (χ4v) is 1.77. The van der Waals surface area contributed by atoms with Gasteiger partial charge in [-0.1, -0.05) is 20.8 Å². The first-order chi connectivity index (χ1) is 9.48. The van der Waals surface area contributed by atoms with E-state index in [9.17, 15) is 9.59 Å². The van der Waals surface area contributed by atoms with Gasteiger partial charge < -0.3 is 19.3 Å². The number of piperazine rings is 1. The minimum absolute atomic E-state index is 0.0476. The second-order valence-corrected chi connectivity index (χ2v) is 7.57. The van der Waals surface area contributed by atoms with Crippen LogP contribution in [0, 0.1) is 5.41 Å². The van der Waals surface area contributed by atoms with Gasteiger partial charge in [0, 0.05) is 26.2 Å². The van der Waals surface area contributed by atoms with Crippen molar-refractivity contribution in [2.45, 2.75) is 47.1 Å². The van der Waals surface area contributed by atoms with Crippen molar-refractivity contribution in [3.8, 4) is 0 Å². The molecule has 0 unspecified atom stereocenters. The Morgan fingerprint density at radius 1 is 0.857 bits per heavy atom. The van der Waals surface area contributed by atoms with Crippen molar-refractivity contribution in [3.63, 3.8) is 0 Å². The Bertz CT molecular complexity index is 374. The van der Waals surface area contributed by atoms with E-state index in [-0.39, 0.29) is 17.6 Å². The van der Waals surface area contributed by atoms with Crippen LogP contribution in [0.15, 0.2) is 0 Å². The number of hydrogen-bond acceptors (Lipinski definition) is 4. The monoisotopic (exact) mass is 300 g/mol. The van der Waals surface area contributed by atoms with Crippen molar-refractivity contribution in [2.24, 2.45) is 5.41 Å². The molecule has 1 heterocycles. The molecule has 0 aromatic rings. The van der Waals surface area contributed by atoms with E-state index in [0.29, 0.717) is 32.8 Å². The Labute approximate surface area is 127 Å². The van der Waals surface area contributed by atoms with Crippen molar-refractivity contribution in [1.29, 1.82) is 0 Å². The highest BCUT2D eigenvalue weighted by atomic mass is 16.6. The smallest absolute Gasteiger partial charge is 0.410 e. The normalized spacial score (nSPS) is 16.7. The summed E-state index contributed by atoms with van der Waals surface area (Å²) in [4.78, 5) is 27.1. The number of hydrogen-bond donors (Lipinski definition) is 0. The van der Waals surface area contributed by atoms with Crippen molar-refractivity contribution >= 4 is 12.2 Å². The van der Waals surface area contributed by atoms with Gasteiger partial charge in [-0.25, -0.2) is 9.59 Å². The maximum absolute atomic E-state index is 11.9. The molecule has 1 saturated heterocycles. The van der Waals surface area contributed by atoms with Crippen LogP contribution in [0.25, 0.3) is 0 Å². The quantitative estimate of drug-likeness (QED) is 0.747. The summed E-state index contributed by atoms with van der Waals surface area (Å²) in [5.74, 6) is 0. The number of ether oxygens (including phenoxy) is 2. The van der Waals surface area contributed by atoms with Crippen molar-refractivity contribution in [1.82, 2.24) is 9.80 Å². The third-order valence-corrected chi connectivity index (χ3v) is 2.82. The average molecular weight is 300 g/mol. The minimum Gasteiger partial charge on any atom is -0.449 e. The van der Waals surface area contributed by atoms with Gasteiger partial charge in [-0.2, -0.15) is 0 Å². The molecule has 0 aromatic heterocycles. The lowest BCUT2D eigenvalue weighted by Crippen LogP contribution is -2.52. The van der Waals surface area contributed by atoms with E-state index >= 15 is 0 Å². The fraction of sp³-hybridized carbons (Fsp3) is 0.867. The minimum atomic E-state index is -0.500. The van der Waals surface area contributed by atoms with Crippen molar-refractivity contribution < 1.29 is 19.1 Å². The summed E-state index contributed by atoms with van der Waals surface area (Å²) >= 11 is 0. The summed E-state index contributed by atoms with van der Waals surface area (Å²) < 4.78 is 10.6. The van der Waals surface area contributed by atoms with Gasteiger partial charge >= 0.3 is 12.2 Å². The summed E-state index contributed by atoms with van der Waals surface area (Å²) in [6.45, 7) is 13.8. The van der Waals surface area contributed by atoms with Crippen molar-refractivity contribution in [3.05, 3.63) is 0 Å². The van der Waals surface area contributed by atoms with E-state index in [1.54, 1.807) is 9.80 Å². The molecule has 1 aliphatic rings. The van der Waals surface area contributed by atoms with Crippen LogP contribution in [0.1, 0.15) is 41.5 Å². The van der Waals surface area contributed by atoms with Crippen LogP contribution < -0.4 is 0 Å². The molecule has 0 radical (unpaired) electrons. The third-order valence-electron chi connectivity index (χ3n) is 2.82. The van der Waals surface area contributed by atoms with Crippen molar-refractivity contribution in [2.75, 3.05) is 32.8 Å². The highest BCUT2D eigenvalue weighted by Crippen LogP contribution is 2.15.